The van der Waals surface area contributed by atoms with E-state index >= 15 is 0 Å². The molecule has 0 unspecified atom stereocenters. The van der Waals surface area contributed by atoms with Crippen molar-refractivity contribution in [2.45, 2.75) is 57.0 Å². The Hall–Kier alpha value is -0.860. The largest absolute Gasteiger partial charge is 0.374 e. The van der Waals surface area contributed by atoms with Crippen LogP contribution in [0.25, 0.3) is 0 Å². The molecule has 1 aromatic rings. The third-order valence-corrected chi connectivity index (χ3v) is 4.61. The minimum Gasteiger partial charge on any atom is -0.374 e. The number of rotatable bonds is 7. The van der Waals surface area contributed by atoms with Crippen molar-refractivity contribution in [1.29, 1.82) is 0 Å². The Morgan fingerprint density at radius 2 is 1.67 bits per heavy atom. The molecule has 1 aliphatic rings. The maximum absolute atomic E-state index is 6.49. The molecule has 2 nitrogen and oxygen atoms in total. The Morgan fingerprint density at radius 1 is 1.00 bits per heavy atom. The van der Waals surface area contributed by atoms with E-state index in [0.29, 0.717) is 0 Å². The summed E-state index contributed by atoms with van der Waals surface area (Å²) in [5.74, 6) is 0. The van der Waals surface area contributed by atoms with E-state index in [9.17, 15) is 0 Å². The molecule has 2 heteroatoms. The van der Waals surface area contributed by atoms with E-state index in [2.05, 4.69) is 44.4 Å². The van der Waals surface area contributed by atoms with Gasteiger partial charge in [-0.2, -0.15) is 0 Å². The zero-order valence-electron chi connectivity index (χ0n) is 13.9. The van der Waals surface area contributed by atoms with Gasteiger partial charge in [0.2, 0.25) is 0 Å². The monoisotopic (exact) mass is 290 g/mol. The van der Waals surface area contributed by atoms with Crippen molar-refractivity contribution >= 4 is 0 Å². The predicted octanol–water partition coefficient (Wildman–Crippen LogP) is 2.87. The van der Waals surface area contributed by atoms with Crippen molar-refractivity contribution in [2.24, 2.45) is 0 Å². The van der Waals surface area contributed by atoms with Gasteiger partial charge < -0.3 is 9.64 Å². The van der Waals surface area contributed by atoms with Gasteiger partial charge in [-0.25, -0.2) is 0 Å². The highest BCUT2D eigenvalue weighted by Crippen LogP contribution is 2.33. The average Bonchev–Trinajstić information content (AvgIpc) is 2.71. The maximum Gasteiger partial charge on any atom is 0.0789 e. The summed E-state index contributed by atoms with van der Waals surface area (Å²) in [5, 5.41) is 0. The van der Waals surface area contributed by atoms with Gasteiger partial charge in [-0.15, -0.1) is 0 Å². The molecule has 0 atom stereocenters. The maximum atomic E-state index is 6.49. The fourth-order valence-electron chi connectivity index (χ4n) is 3.43. The first kappa shape index (κ1) is 16.5. The van der Waals surface area contributed by atoms with Crippen molar-refractivity contribution in [1.82, 2.24) is 0 Å². The fraction of sp³-hybridized carbons (Fsp3) is 0.684. The van der Waals surface area contributed by atoms with Gasteiger partial charge in [0.1, 0.15) is 0 Å². The lowest BCUT2D eigenvalue weighted by Crippen LogP contribution is -3.05. The van der Waals surface area contributed by atoms with Crippen molar-refractivity contribution in [3.8, 4) is 0 Å². The second-order valence-electron chi connectivity index (χ2n) is 6.92. The molecule has 0 amide bonds. The van der Waals surface area contributed by atoms with Gasteiger partial charge in [0.15, 0.2) is 0 Å². The molecule has 0 spiro atoms. The van der Waals surface area contributed by atoms with Crippen LogP contribution in [0.2, 0.25) is 0 Å². The van der Waals surface area contributed by atoms with Crippen LogP contribution in [0.1, 0.15) is 50.5 Å². The predicted molar refractivity (Wildman–Crippen MR) is 88.8 cm³/mol. The van der Waals surface area contributed by atoms with Gasteiger partial charge in [0.05, 0.1) is 32.8 Å². The Balaban J connectivity index is 1.96. The molecule has 118 valence electrons. The zero-order valence-corrected chi connectivity index (χ0v) is 13.9. The van der Waals surface area contributed by atoms with Crippen molar-refractivity contribution in [3.63, 3.8) is 0 Å². The van der Waals surface area contributed by atoms with Crippen LogP contribution >= 0.6 is 0 Å². The van der Waals surface area contributed by atoms with Crippen LogP contribution in [0.4, 0.5) is 0 Å². The Bertz CT molecular complexity index is 380. The van der Waals surface area contributed by atoms with E-state index < -0.39 is 0 Å². The Labute approximate surface area is 130 Å². The summed E-state index contributed by atoms with van der Waals surface area (Å²) >= 11 is 0. The second-order valence-corrected chi connectivity index (χ2v) is 6.92. The van der Waals surface area contributed by atoms with Gasteiger partial charge in [-0.05, 0) is 18.4 Å². The molecule has 2 rings (SSSR count). The summed E-state index contributed by atoms with van der Waals surface area (Å²) in [6.45, 7) is 2.11. The molecule has 21 heavy (non-hydrogen) atoms. The van der Waals surface area contributed by atoms with Gasteiger partial charge in [0, 0.05) is 12.8 Å². The van der Waals surface area contributed by atoms with Crippen LogP contribution in [-0.4, -0.2) is 32.8 Å². The molecule has 0 radical (unpaired) electrons. The molecule has 0 saturated heterocycles. The topological polar surface area (TPSA) is 13.7 Å². The van der Waals surface area contributed by atoms with Crippen LogP contribution in [0.15, 0.2) is 30.3 Å². The molecule has 1 aromatic carbocycles. The van der Waals surface area contributed by atoms with E-state index in [1.54, 1.807) is 0 Å². The van der Waals surface area contributed by atoms with E-state index in [1.807, 2.05) is 0 Å². The molecular formula is C19H32NO+. The molecule has 1 saturated carbocycles. The summed E-state index contributed by atoms with van der Waals surface area (Å²) in [4.78, 5) is 1.51. The van der Waals surface area contributed by atoms with Crippen molar-refractivity contribution < 1.29 is 9.64 Å². The molecule has 1 N–H and O–H groups in total. The fourth-order valence-corrected chi connectivity index (χ4v) is 3.43. The average molecular weight is 290 g/mol. The quantitative estimate of drug-likeness (QED) is 0.602. The number of ether oxygens (including phenoxy) is 1. The Morgan fingerprint density at radius 3 is 2.29 bits per heavy atom. The number of hydrogen-bond acceptors (Lipinski definition) is 1. The van der Waals surface area contributed by atoms with E-state index in [0.717, 1.165) is 13.0 Å². The summed E-state index contributed by atoms with van der Waals surface area (Å²) in [6, 6.07) is 10.9. The Kier molecular flexibility index (Phi) is 6.72. The lowest BCUT2D eigenvalue weighted by atomic mass is 9.87. The molecule has 0 aliphatic heterocycles. The van der Waals surface area contributed by atoms with Gasteiger partial charge in [0.25, 0.3) is 0 Å². The molecular weight excluding hydrogens is 258 g/mol. The van der Waals surface area contributed by atoms with E-state index in [1.165, 1.54) is 62.0 Å². The first-order chi connectivity index (χ1) is 10.2. The number of nitrogens with one attached hydrogen (secondary N) is 1. The lowest BCUT2D eigenvalue weighted by molar-refractivity contribution is -0.858. The van der Waals surface area contributed by atoms with Gasteiger partial charge in [-0.3, -0.25) is 0 Å². The van der Waals surface area contributed by atoms with Gasteiger partial charge >= 0.3 is 0 Å². The summed E-state index contributed by atoms with van der Waals surface area (Å²) < 4.78 is 6.49. The number of hydrogen-bond donors (Lipinski definition) is 1. The van der Waals surface area contributed by atoms with E-state index in [-0.39, 0.29) is 5.60 Å². The number of quaternary nitrogens is 1. The molecule has 0 aromatic heterocycles. The first-order valence-electron chi connectivity index (χ1n) is 8.67. The third-order valence-electron chi connectivity index (χ3n) is 4.61. The lowest BCUT2D eigenvalue weighted by Gasteiger charge is -2.33. The molecule has 1 fully saturated rings. The van der Waals surface area contributed by atoms with Crippen LogP contribution in [0.3, 0.4) is 0 Å². The summed E-state index contributed by atoms with van der Waals surface area (Å²) in [7, 11) is 4.43. The van der Waals surface area contributed by atoms with Crippen molar-refractivity contribution in [3.05, 3.63) is 35.9 Å². The number of benzene rings is 1. The van der Waals surface area contributed by atoms with E-state index in [4.69, 9.17) is 4.74 Å². The highest BCUT2D eigenvalue weighted by atomic mass is 16.5. The van der Waals surface area contributed by atoms with Gasteiger partial charge in [-0.1, -0.05) is 56.0 Å². The van der Waals surface area contributed by atoms with Crippen LogP contribution in [0.5, 0.6) is 0 Å². The van der Waals surface area contributed by atoms with Crippen LogP contribution < -0.4 is 4.90 Å². The molecule has 1 aliphatic carbocycles. The van der Waals surface area contributed by atoms with Crippen molar-refractivity contribution in [2.75, 3.05) is 27.2 Å². The molecule has 0 bridgehead atoms. The minimum atomic E-state index is 0.0967. The minimum absolute atomic E-state index is 0.0967. The van der Waals surface area contributed by atoms with Crippen LogP contribution in [-0.2, 0) is 11.2 Å². The zero-order chi connectivity index (χ0) is 15.0. The normalized spacial score (nSPS) is 18.6. The first-order valence-corrected chi connectivity index (χ1v) is 8.67. The molecule has 0 heterocycles. The summed E-state index contributed by atoms with van der Waals surface area (Å²) in [5.41, 5.74) is 1.53. The summed E-state index contributed by atoms with van der Waals surface area (Å²) in [6.07, 6.45) is 10.1. The standard InChI is InChI=1S/C19H31NO/c1-20(2)15-10-16-21-19(13-8-3-4-9-14-19)17-18-11-6-5-7-12-18/h5-7,11-12H,3-4,8-10,13-17H2,1-2H3/p+1. The smallest absolute Gasteiger partial charge is 0.0789 e. The van der Waals surface area contributed by atoms with Crippen LogP contribution in [0, 0.1) is 0 Å². The highest BCUT2D eigenvalue weighted by Gasteiger charge is 2.31. The highest BCUT2D eigenvalue weighted by molar-refractivity contribution is 5.17. The SMILES string of the molecule is C[NH+](C)CCCOC1(Cc2ccccc2)CCCCCC1. The third kappa shape index (κ3) is 5.80. The second kappa shape index (κ2) is 8.55.